The molecule has 0 bridgehead atoms. The molecule has 3 amide bonds. The van der Waals surface area contributed by atoms with Gasteiger partial charge in [-0.25, -0.2) is 4.79 Å². The fraction of sp³-hybridized carbons (Fsp3) is 0.464. The van der Waals surface area contributed by atoms with Crippen molar-refractivity contribution in [1.29, 1.82) is 0 Å². The Morgan fingerprint density at radius 2 is 1.74 bits per heavy atom. The highest BCUT2D eigenvalue weighted by Crippen LogP contribution is 2.28. The summed E-state index contributed by atoms with van der Waals surface area (Å²) in [6.07, 6.45) is 6.32. The number of likely N-dealkylation sites (tertiary alicyclic amines) is 1. The summed E-state index contributed by atoms with van der Waals surface area (Å²) in [6, 6.07) is 14.1. The normalized spacial score (nSPS) is 18.9. The molecule has 1 atom stereocenters. The van der Waals surface area contributed by atoms with Crippen LogP contribution >= 0.6 is 0 Å². The number of urea groups is 1. The van der Waals surface area contributed by atoms with E-state index in [9.17, 15) is 19.5 Å². The molecule has 1 aliphatic carbocycles. The van der Waals surface area contributed by atoms with Crippen LogP contribution in [0.4, 0.5) is 10.5 Å². The number of carbonyl (C=O) groups is 3. The molecular weight excluding hydrogens is 442 g/mol. The standard InChI is InChI=1S/C28H33N3O4/c32-26(17-23(27(33)34)16-19-9-10-20-5-1-2-6-21(20)15-19)30-13-11-24(12-14-30)31-18-22-7-3-4-8-25(22)29-28(31)35/h3-4,7-10,15,23-24H,1-2,5-6,11-14,16-18H2,(H,29,35)(H,33,34). The van der Waals surface area contributed by atoms with Gasteiger partial charge in [-0.2, -0.15) is 0 Å². The molecule has 0 radical (unpaired) electrons. The van der Waals surface area contributed by atoms with Crippen molar-refractivity contribution in [2.24, 2.45) is 5.92 Å². The largest absolute Gasteiger partial charge is 0.481 e. The molecule has 5 rings (SSSR count). The second-order valence-corrected chi connectivity index (χ2v) is 10.1. The van der Waals surface area contributed by atoms with Crippen LogP contribution in [0.25, 0.3) is 0 Å². The lowest BCUT2D eigenvalue weighted by atomic mass is 9.87. The molecule has 35 heavy (non-hydrogen) atoms. The van der Waals surface area contributed by atoms with Gasteiger partial charge in [0.25, 0.3) is 0 Å². The first-order chi connectivity index (χ1) is 17.0. The highest BCUT2D eigenvalue weighted by atomic mass is 16.4. The first-order valence-electron chi connectivity index (χ1n) is 12.7. The van der Waals surface area contributed by atoms with Gasteiger partial charge < -0.3 is 20.2 Å². The average molecular weight is 476 g/mol. The SMILES string of the molecule is O=C(O)C(CC(=O)N1CCC(N2Cc3ccccc3NC2=O)CC1)Cc1ccc2c(c1)CCCC2. The van der Waals surface area contributed by atoms with E-state index in [4.69, 9.17) is 0 Å². The summed E-state index contributed by atoms with van der Waals surface area (Å²) < 4.78 is 0. The number of hydrogen-bond acceptors (Lipinski definition) is 3. The van der Waals surface area contributed by atoms with Crippen molar-refractivity contribution in [3.63, 3.8) is 0 Å². The van der Waals surface area contributed by atoms with Crippen molar-refractivity contribution in [3.8, 4) is 0 Å². The highest BCUT2D eigenvalue weighted by Gasteiger charge is 2.33. The molecule has 7 heteroatoms. The van der Waals surface area contributed by atoms with Crippen LogP contribution in [0.3, 0.4) is 0 Å². The molecule has 1 unspecified atom stereocenters. The number of amides is 3. The Kier molecular flexibility index (Phi) is 6.75. The smallest absolute Gasteiger partial charge is 0.322 e. The minimum atomic E-state index is -0.922. The van der Waals surface area contributed by atoms with Gasteiger partial charge in [0, 0.05) is 37.8 Å². The third kappa shape index (κ3) is 5.19. The fourth-order valence-corrected chi connectivity index (χ4v) is 5.73. The van der Waals surface area contributed by atoms with Gasteiger partial charge in [0.1, 0.15) is 0 Å². The van der Waals surface area contributed by atoms with Crippen molar-refractivity contribution in [1.82, 2.24) is 9.80 Å². The van der Waals surface area contributed by atoms with Crippen LogP contribution in [0.1, 0.15) is 54.4 Å². The van der Waals surface area contributed by atoms with E-state index in [1.807, 2.05) is 35.2 Å². The number of aliphatic carboxylic acids is 1. The quantitative estimate of drug-likeness (QED) is 0.654. The van der Waals surface area contributed by atoms with Gasteiger partial charge in [0.05, 0.1) is 5.92 Å². The maximum absolute atomic E-state index is 13.0. The first kappa shape index (κ1) is 23.4. The van der Waals surface area contributed by atoms with Crippen molar-refractivity contribution >= 4 is 23.6 Å². The van der Waals surface area contributed by atoms with Crippen LogP contribution < -0.4 is 5.32 Å². The number of carboxylic acids is 1. The lowest BCUT2D eigenvalue weighted by Gasteiger charge is -2.40. The zero-order valence-electron chi connectivity index (χ0n) is 20.0. The maximum atomic E-state index is 13.0. The molecule has 2 heterocycles. The Hall–Kier alpha value is -3.35. The minimum absolute atomic E-state index is 0.00859. The predicted octanol–water partition coefficient (Wildman–Crippen LogP) is 4.24. The molecule has 2 N–H and O–H groups in total. The van der Waals surface area contributed by atoms with Gasteiger partial charge in [-0.15, -0.1) is 0 Å². The van der Waals surface area contributed by atoms with Gasteiger partial charge in [0.15, 0.2) is 0 Å². The van der Waals surface area contributed by atoms with Crippen LogP contribution in [0, 0.1) is 5.92 Å². The maximum Gasteiger partial charge on any atom is 0.322 e. The molecule has 7 nitrogen and oxygen atoms in total. The van der Waals surface area contributed by atoms with Gasteiger partial charge in [-0.1, -0.05) is 36.4 Å². The number of para-hydroxylation sites is 1. The topological polar surface area (TPSA) is 89.9 Å². The second kappa shape index (κ2) is 10.1. The lowest BCUT2D eigenvalue weighted by molar-refractivity contribution is -0.146. The van der Waals surface area contributed by atoms with E-state index < -0.39 is 11.9 Å². The molecule has 2 aliphatic heterocycles. The van der Waals surface area contributed by atoms with E-state index in [1.165, 1.54) is 24.0 Å². The molecule has 0 spiro atoms. The predicted molar refractivity (Wildman–Crippen MR) is 133 cm³/mol. The van der Waals surface area contributed by atoms with Gasteiger partial charge in [-0.05, 0) is 73.3 Å². The Labute approximate surface area is 206 Å². The number of hydrogen-bond donors (Lipinski definition) is 2. The number of anilines is 1. The summed E-state index contributed by atoms with van der Waals surface area (Å²) in [4.78, 5) is 41.3. The average Bonchev–Trinajstić information content (AvgIpc) is 2.88. The molecule has 0 saturated carbocycles. The van der Waals surface area contributed by atoms with Crippen LogP contribution in [0.5, 0.6) is 0 Å². The van der Waals surface area contributed by atoms with E-state index in [1.54, 1.807) is 4.90 Å². The molecule has 2 aromatic rings. The zero-order valence-corrected chi connectivity index (χ0v) is 20.0. The number of rotatable bonds is 6. The van der Waals surface area contributed by atoms with Gasteiger partial charge in [0.2, 0.25) is 5.91 Å². The number of benzene rings is 2. The van der Waals surface area contributed by atoms with Crippen LogP contribution in [0.15, 0.2) is 42.5 Å². The number of piperidine rings is 1. The number of nitrogens with zero attached hydrogens (tertiary/aromatic N) is 2. The second-order valence-electron chi connectivity index (χ2n) is 10.1. The van der Waals surface area contributed by atoms with Crippen molar-refractivity contribution in [2.45, 2.75) is 64.0 Å². The van der Waals surface area contributed by atoms with Crippen molar-refractivity contribution in [3.05, 3.63) is 64.7 Å². The fourth-order valence-electron chi connectivity index (χ4n) is 5.73. The molecule has 0 aromatic heterocycles. The highest BCUT2D eigenvalue weighted by molar-refractivity contribution is 5.92. The van der Waals surface area contributed by atoms with E-state index >= 15 is 0 Å². The molecule has 3 aliphatic rings. The summed E-state index contributed by atoms with van der Waals surface area (Å²) in [5.74, 6) is -1.76. The molecule has 2 aromatic carbocycles. The first-order valence-corrected chi connectivity index (χ1v) is 12.7. The van der Waals surface area contributed by atoms with E-state index in [2.05, 4.69) is 17.4 Å². The van der Waals surface area contributed by atoms with Crippen LogP contribution in [0.2, 0.25) is 0 Å². The number of carboxylic acid groups (broad SMARTS) is 1. The summed E-state index contributed by atoms with van der Waals surface area (Å²) in [7, 11) is 0. The third-order valence-electron chi connectivity index (χ3n) is 7.78. The Bertz CT molecular complexity index is 1120. The van der Waals surface area contributed by atoms with Gasteiger partial charge in [-0.3, -0.25) is 9.59 Å². The van der Waals surface area contributed by atoms with Crippen LogP contribution in [-0.4, -0.2) is 51.9 Å². The molecule has 184 valence electrons. The third-order valence-corrected chi connectivity index (χ3v) is 7.78. The lowest BCUT2D eigenvalue weighted by Crippen LogP contribution is -2.51. The number of fused-ring (bicyclic) bond motifs is 2. The summed E-state index contributed by atoms with van der Waals surface area (Å²) in [5, 5.41) is 12.8. The number of aryl methyl sites for hydroxylation is 2. The molecule has 1 fully saturated rings. The summed E-state index contributed by atoms with van der Waals surface area (Å²) >= 11 is 0. The van der Waals surface area contributed by atoms with Crippen molar-refractivity contribution < 1.29 is 19.5 Å². The van der Waals surface area contributed by atoms with Crippen LogP contribution in [-0.2, 0) is 35.4 Å². The Balaban J connectivity index is 1.16. The summed E-state index contributed by atoms with van der Waals surface area (Å²) in [5.41, 5.74) is 5.66. The number of carbonyl (C=O) groups excluding carboxylic acids is 2. The zero-order chi connectivity index (χ0) is 24.4. The van der Waals surface area contributed by atoms with E-state index in [0.717, 1.165) is 29.7 Å². The Morgan fingerprint density at radius 1 is 1.00 bits per heavy atom. The van der Waals surface area contributed by atoms with E-state index in [-0.39, 0.29) is 24.4 Å². The summed E-state index contributed by atoms with van der Waals surface area (Å²) in [6.45, 7) is 1.66. The monoisotopic (exact) mass is 475 g/mol. The number of nitrogens with one attached hydrogen (secondary N) is 1. The molecule has 1 saturated heterocycles. The van der Waals surface area contributed by atoms with Gasteiger partial charge >= 0.3 is 12.0 Å². The Morgan fingerprint density at radius 3 is 2.51 bits per heavy atom. The minimum Gasteiger partial charge on any atom is -0.481 e. The van der Waals surface area contributed by atoms with E-state index in [0.29, 0.717) is 38.9 Å². The molecular formula is C28H33N3O4. The van der Waals surface area contributed by atoms with Crippen molar-refractivity contribution in [2.75, 3.05) is 18.4 Å².